The highest BCUT2D eigenvalue weighted by Crippen LogP contribution is 2.42. The van der Waals surface area contributed by atoms with Crippen molar-refractivity contribution in [1.82, 2.24) is 0 Å². The van der Waals surface area contributed by atoms with E-state index in [2.05, 4.69) is 15.9 Å². The maximum atomic E-state index is 12.1. The van der Waals surface area contributed by atoms with Crippen LogP contribution in [0.3, 0.4) is 0 Å². The molecule has 0 aromatic heterocycles. The van der Waals surface area contributed by atoms with Gasteiger partial charge in [-0.3, -0.25) is 10.1 Å². The van der Waals surface area contributed by atoms with Crippen molar-refractivity contribution in [1.29, 1.82) is 0 Å². The molecular formula is C8H5BrF3NO2S. The molecule has 0 unspecified atom stereocenters. The summed E-state index contributed by atoms with van der Waals surface area (Å²) in [5.74, 6) is 0. The molecule has 8 heteroatoms. The van der Waals surface area contributed by atoms with E-state index in [9.17, 15) is 23.3 Å². The van der Waals surface area contributed by atoms with Crippen molar-refractivity contribution in [3.63, 3.8) is 0 Å². The lowest BCUT2D eigenvalue weighted by Crippen LogP contribution is -2.01. The van der Waals surface area contributed by atoms with Gasteiger partial charge in [0, 0.05) is 10.5 Å². The molecule has 1 rings (SSSR count). The average molecular weight is 316 g/mol. The summed E-state index contributed by atoms with van der Waals surface area (Å²) in [6.07, 6.45) is 0. The topological polar surface area (TPSA) is 43.1 Å². The fourth-order valence-electron chi connectivity index (χ4n) is 0.994. The van der Waals surface area contributed by atoms with E-state index >= 15 is 0 Å². The molecule has 1 aromatic rings. The first kappa shape index (κ1) is 13.3. The molecule has 3 nitrogen and oxygen atoms in total. The van der Waals surface area contributed by atoms with Gasteiger partial charge in [0.15, 0.2) is 0 Å². The number of rotatable bonds is 2. The maximum absolute atomic E-state index is 12.1. The fourth-order valence-corrected chi connectivity index (χ4v) is 2.05. The van der Waals surface area contributed by atoms with Gasteiger partial charge in [0.25, 0.3) is 5.69 Å². The van der Waals surface area contributed by atoms with E-state index in [-0.39, 0.29) is 0 Å². The summed E-state index contributed by atoms with van der Waals surface area (Å²) in [5, 5.41) is 10.6. The number of aryl methyl sites for hydroxylation is 1. The van der Waals surface area contributed by atoms with Crippen molar-refractivity contribution in [2.45, 2.75) is 17.3 Å². The van der Waals surface area contributed by atoms with Crippen LogP contribution < -0.4 is 0 Å². The zero-order valence-electron chi connectivity index (χ0n) is 7.84. The van der Waals surface area contributed by atoms with Gasteiger partial charge < -0.3 is 0 Å². The molecule has 0 N–H and O–H groups in total. The van der Waals surface area contributed by atoms with E-state index in [4.69, 9.17) is 0 Å². The monoisotopic (exact) mass is 315 g/mol. The number of nitro benzene ring substituents is 1. The Balaban J connectivity index is 3.25. The molecule has 16 heavy (non-hydrogen) atoms. The lowest BCUT2D eigenvalue weighted by Gasteiger charge is -2.08. The minimum atomic E-state index is -4.54. The number of hydrogen-bond acceptors (Lipinski definition) is 3. The minimum Gasteiger partial charge on any atom is -0.258 e. The number of alkyl halides is 3. The molecule has 0 bridgehead atoms. The van der Waals surface area contributed by atoms with Gasteiger partial charge in [0.1, 0.15) is 0 Å². The SMILES string of the molecule is Cc1cc(SC(F)(F)F)c([N+](=O)[O-])cc1Br. The molecule has 0 saturated carbocycles. The molecule has 88 valence electrons. The summed E-state index contributed by atoms with van der Waals surface area (Å²) in [7, 11) is 0. The Bertz CT molecular complexity index is 436. The predicted octanol–water partition coefficient (Wildman–Crippen LogP) is 4.28. The fraction of sp³-hybridized carbons (Fsp3) is 0.250. The van der Waals surface area contributed by atoms with Gasteiger partial charge >= 0.3 is 5.51 Å². The molecule has 0 spiro atoms. The molecule has 0 aliphatic rings. The molecule has 0 radical (unpaired) electrons. The van der Waals surface area contributed by atoms with Crippen LogP contribution in [0.25, 0.3) is 0 Å². The van der Waals surface area contributed by atoms with E-state index in [1.54, 1.807) is 6.92 Å². The Kier molecular flexibility index (Phi) is 3.84. The van der Waals surface area contributed by atoms with Crippen LogP contribution in [0.2, 0.25) is 0 Å². The zero-order chi connectivity index (χ0) is 12.5. The number of halogens is 4. The Hall–Kier alpha value is -0.760. The molecule has 0 saturated heterocycles. The Labute approximate surface area is 101 Å². The van der Waals surface area contributed by atoms with Crippen LogP contribution in [-0.2, 0) is 0 Å². The summed E-state index contributed by atoms with van der Waals surface area (Å²) in [6, 6.07) is 2.21. The molecule has 0 atom stereocenters. The Morgan fingerprint density at radius 1 is 1.44 bits per heavy atom. The third-order valence-corrected chi connectivity index (χ3v) is 3.30. The van der Waals surface area contributed by atoms with Crippen molar-refractivity contribution < 1.29 is 18.1 Å². The maximum Gasteiger partial charge on any atom is 0.446 e. The third-order valence-electron chi connectivity index (χ3n) is 1.66. The van der Waals surface area contributed by atoms with Crippen LogP contribution in [0.1, 0.15) is 5.56 Å². The van der Waals surface area contributed by atoms with E-state index in [0.29, 0.717) is 10.0 Å². The number of benzene rings is 1. The lowest BCUT2D eigenvalue weighted by molar-refractivity contribution is -0.387. The summed E-state index contributed by atoms with van der Waals surface area (Å²) >= 11 is 2.55. The quantitative estimate of drug-likeness (QED) is 0.465. The smallest absolute Gasteiger partial charge is 0.258 e. The van der Waals surface area contributed by atoms with Crippen molar-refractivity contribution in [2.75, 3.05) is 0 Å². The standard InChI is InChI=1S/C8H5BrF3NO2S/c1-4-2-7(16-8(10,11)12)6(13(14)15)3-5(4)9/h2-3H,1H3. The van der Waals surface area contributed by atoms with Crippen molar-refractivity contribution >= 4 is 33.4 Å². The van der Waals surface area contributed by atoms with Gasteiger partial charge in [0.05, 0.1) is 9.82 Å². The first-order chi connectivity index (χ1) is 7.20. The largest absolute Gasteiger partial charge is 0.446 e. The van der Waals surface area contributed by atoms with Crippen molar-refractivity contribution in [2.24, 2.45) is 0 Å². The molecule has 0 fully saturated rings. The van der Waals surface area contributed by atoms with Gasteiger partial charge in [0.2, 0.25) is 0 Å². The highest BCUT2D eigenvalue weighted by atomic mass is 79.9. The number of hydrogen-bond donors (Lipinski definition) is 0. The summed E-state index contributed by atoms with van der Waals surface area (Å²) in [4.78, 5) is 9.34. The number of nitrogens with zero attached hydrogens (tertiary/aromatic N) is 1. The van der Waals surface area contributed by atoms with Crippen LogP contribution in [0.5, 0.6) is 0 Å². The number of thioether (sulfide) groups is 1. The van der Waals surface area contributed by atoms with Crippen LogP contribution in [0.4, 0.5) is 18.9 Å². The molecule has 0 heterocycles. The van der Waals surface area contributed by atoms with Gasteiger partial charge in [-0.1, -0.05) is 15.9 Å². The van der Waals surface area contributed by atoms with Crippen molar-refractivity contribution in [3.8, 4) is 0 Å². The molecule has 0 aliphatic heterocycles. The first-order valence-electron chi connectivity index (χ1n) is 3.91. The molecule has 0 aliphatic carbocycles. The van der Waals surface area contributed by atoms with Gasteiger partial charge in [-0.25, -0.2) is 0 Å². The molecule has 1 aromatic carbocycles. The minimum absolute atomic E-state index is 0.404. The summed E-state index contributed by atoms with van der Waals surface area (Å²) in [5.41, 5.74) is -4.58. The normalized spacial score (nSPS) is 11.6. The molecule has 0 amide bonds. The highest BCUT2D eigenvalue weighted by Gasteiger charge is 2.33. The molecular weight excluding hydrogens is 311 g/mol. The predicted molar refractivity (Wildman–Crippen MR) is 57.4 cm³/mol. The summed E-state index contributed by atoms with van der Waals surface area (Å²) < 4.78 is 36.8. The highest BCUT2D eigenvalue weighted by molar-refractivity contribution is 9.10. The van der Waals surface area contributed by atoms with Crippen LogP contribution in [0, 0.1) is 17.0 Å². The Morgan fingerprint density at radius 2 is 2.00 bits per heavy atom. The van der Waals surface area contributed by atoms with Crippen LogP contribution in [-0.4, -0.2) is 10.4 Å². The van der Waals surface area contributed by atoms with Gasteiger partial charge in [-0.2, -0.15) is 13.2 Å². The van der Waals surface area contributed by atoms with E-state index in [1.165, 1.54) is 0 Å². The van der Waals surface area contributed by atoms with Crippen LogP contribution in [0.15, 0.2) is 21.5 Å². The van der Waals surface area contributed by atoms with E-state index in [1.807, 2.05) is 0 Å². The average Bonchev–Trinajstić information content (AvgIpc) is 2.07. The van der Waals surface area contributed by atoms with Gasteiger partial charge in [-0.05, 0) is 30.3 Å². The second-order valence-corrected chi connectivity index (χ2v) is 4.84. The Morgan fingerprint density at radius 3 is 2.44 bits per heavy atom. The lowest BCUT2D eigenvalue weighted by atomic mass is 10.2. The summed E-state index contributed by atoms with van der Waals surface area (Å²) in [6.45, 7) is 1.56. The second-order valence-electron chi connectivity index (χ2n) is 2.87. The van der Waals surface area contributed by atoms with Crippen molar-refractivity contribution in [3.05, 3.63) is 32.3 Å². The van der Waals surface area contributed by atoms with E-state index < -0.39 is 32.8 Å². The zero-order valence-corrected chi connectivity index (χ0v) is 10.2. The van der Waals surface area contributed by atoms with E-state index in [0.717, 1.165) is 12.1 Å². The number of nitro groups is 1. The first-order valence-corrected chi connectivity index (χ1v) is 5.52. The van der Waals surface area contributed by atoms with Crippen LogP contribution >= 0.6 is 27.7 Å². The third kappa shape index (κ3) is 3.38. The van der Waals surface area contributed by atoms with Gasteiger partial charge in [-0.15, -0.1) is 0 Å². The second kappa shape index (κ2) is 4.62.